The smallest absolute Gasteiger partial charge is 0.396 e. The third kappa shape index (κ3) is 7.38. The van der Waals surface area contributed by atoms with Crippen molar-refractivity contribution < 1.29 is 32.0 Å². The van der Waals surface area contributed by atoms with Gasteiger partial charge in [0.2, 0.25) is 0 Å². The van der Waals surface area contributed by atoms with Crippen LogP contribution in [0.3, 0.4) is 0 Å². The van der Waals surface area contributed by atoms with Gasteiger partial charge in [-0.25, -0.2) is 4.39 Å². The zero-order chi connectivity index (χ0) is 29.2. The molecule has 1 N–H and O–H groups in total. The van der Waals surface area contributed by atoms with E-state index in [-0.39, 0.29) is 53.5 Å². The van der Waals surface area contributed by atoms with Crippen LogP contribution in [0.5, 0.6) is 0 Å². The molecule has 3 aromatic rings. The quantitative estimate of drug-likeness (QED) is 0.233. The second-order valence-corrected chi connectivity index (χ2v) is 12.1. The summed E-state index contributed by atoms with van der Waals surface area (Å²) < 4.78 is 63.6. The number of alkyl halides is 3. The zero-order valence-electron chi connectivity index (χ0n) is 23.4. The van der Waals surface area contributed by atoms with Crippen molar-refractivity contribution >= 4 is 5.78 Å². The summed E-state index contributed by atoms with van der Waals surface area (Å²) in [6, 6.07) is 4.70. The molecule has 1 atom stereocenters. The largest absolute Gasteiger partial charge is 0.435 e. The van der Waals surface area contributed by atoms with Gasteiger partial charge in [-0.2, -0.15) is 18.3 Å². The minimum absolute atomic E-state index is 0.00990. The Balaban J connectivity index is 1.68. The number of halogens is 4. The molecule has 2 heterocycles. The number of aryl methyl sites for hydroxylation is 2. The predicted octanol–water partition coefficient (Wildman–Crippen LogP) is 7.38. The van der Waals surface area contributed by atoms with Crippen molar-refractivity contribution in [3.8, 4) is 11.3 Å². The molecule has 0 saturated heterocycles. The molecule has 10 heteroatoms. The molecule has 0 aliphatic heterocycles. The van der Waals surface area contributed by atoms with Crippen LogP contribution >= 0.6 is 0 Å². The molecule has 40 heavy (non-hydrogen) atoms. The Hall–Kier alpha value is -3.01. The van der Waals surface area contributed by atoms with E-state index in [1.807, 2.05) is 20.8 Å². The van der Waals surface area contributed by atoms with E-state index in [2.05, 4.69) is 10.3 Å². The van der Waals surface area contributed by atoms with Gasteiger partial charge >= 0.3 is 6.18 Å². The van der Waals surface area contributed by atoms with E-state index in [9.17, 15) is 27.5 Å². The molecule has 2 aromatic heterocycles. The Morgan fingerprint density at radius 2 is 1.95 bits per heavy atom. The van der Waals surface area contributed by atoms with Gasteiger partial charge in [-0.05, 0) is 67.6 Å². The van der Waals surface area contributed by atoms with Gasteiger partial charge in [-0.15, -0.1) is 0 Å². The molecule has 6 nitrogen and oxygen atoms in total. The number of carbonyl (C=O) groups excluding carboxylic acids is 1. The van der Waals surface area contributed by atoms with Crippen molar-refractivity contribution in [1.82, 2.24) is 14.9 Å². The maximum atomic E-state index is 14.4. The fourth-order valence-corrected chi connectivity index (χ4v) is 4.95. The van der Waals surface area contributed by atoms with E-state index in [1.165, 1.54) is 16.9 Å². The SMILES string of the molecule is Cc1ccc(CC(=O)C[C@H](CCCO)c2noc(-c3cn(CCC(C)(C)C)nc3C(F)(F)F)c2C2CC2)c(F)c1. The molecule has 0 unspecified atom stereocenters. The zero-order valence-corrected chi connectivity index (χ0v) is 23.4. The average molecular weight is 564 g/mol. The van der Waals surface area contributed by atoms with Gasteiger partial charge in [-0.3, -0.25) is 9.48 Å². The Bertz CT molecular complexity index is 1330. The highest BCUT2D eigenvalue weighted by Crippen LogP contribution is 2.50. The lowest BCUT2D eigenvalue weighted by Crippen LogP contribution is -2.13. The van der Waals surface area contributed by atoms with Crippen molar-refractivity contribution in [3.05, 3.63) is 58.3 Å². The molecule has 1 fully saturated rings. The molecule has 1 aliphatic rings. The first-order valence-corrected chi connectivity index (χ1v) is 13.8. The van der Waals surface area contributed by atoms with Crippen LogP contribution < -0.4 is 0 Å². The number of rotatable bonds is 12. The third-order valence-electron chi connectivity index (χ3n) is 7.27. The van der Waals surface area contributed by atoms with E-state index >= 15 is 0 Å². The number of aliphatic hydroxyl groups is 1. The molecular formula is C30H37F4N3O3. The van der Waals surface area contributed by atoms with Crippen molar-refractivity contribution in [1.29, 1.82) is 0 Å². The van der Waals surface area contributed by atoms with E-state index in [1.54, 1.807) is 19.1 Å². The highest BCUT2D eigenvalue weighted by Gasteiger charge is 2.42. The van der Waals surface area contributed by atoms with E-state index in [0.717, 1.165) is 18.4 Å². The number of aromatic nitrogens is 3. The summed E-state index contributed by atoms with van der Waals surface area (Å²) in [7, 11) is 0. The number of hydrogen-bond donors (Lipinski definition) is 1. The summed E-state index contributed by atoms with van der Waals surface area (Å²) in [4.78, 5) is 13.1. The number of carbonyl (C=O) groups is 1. The lowest BCUT2D eigenvalue weighted by molar-refractivity contribution is -0.141. The van der Waals surface area contributed by atoms with Gasteiger partial charge in [0.25, 0.3) is 0 Å². The highest BCUT2D eigenvalue weighted by atomic mass is 19.4. The normalized spacial score (nSPS) is 15.0. The third-order valence-corrected chi connectivity index (χ3v) is 7.27. The summed E-state index contributed by atoms with van der Waals surface area (Å²) in [5, 5.41) is 17.6. The fraction of sp³-hybridized carbons (Fsp3) is 0.567. The molecular weight excluding hydrogens is 526 g/mol. The van der Waals surface area contributed by atoms with Crippen LogP contribution in [-0.4, -0.2) is 32.4 Å². The van der Waals surface area contributed by atoms with E-state index in [0.29, 0.717) is 37.1 Å². The Kier molecular flexibility index (Phi) is 8.87. The summed E-state index contributed by atoms with van der Waals surface area (Å²) >= 11 is 0. The predicted molar refractivity (Wildman–Crippen MR) is 142 cm³/mol. The first-order valence-electron chi connectivity index (χ1n) is 13.8. The standard InChI is InChI=1S/C30H37F4N3O3/c1-18-7-8-20(24(31)14-18)15-22(39)16-21(6-5-13-38)26-25(19-9-10-19)27(40-36-26)23-17-37(12-11-29(2,3)4)35-28(23)30(32,33)34/h7-8,14,17,19,21,38H,5-6,9-13,15-16H2,1-4H3/t21-/m0/s1. The van der Waals surface area contributed by atoms with E-state index < -0.39 is 23.6 Å². The molecule has 1 aromatic carbocycles. The van der Waals surface area contributed by atoms with Crippen LogP contribution in [-0.2, 0) is 23.9 Å². The number of ketones is 1. The molecule has 1 aliphatic carbocycles. The molecule has 4 rings (SSSR count). The van der Waals surface area contributed by atoms with Gasteiger partial charge in [0, 0.05) is 43.7 Å². The molecule has 0 spiro atoms. The van der Waals surface area contributed by atoms with Gasteiger partial charge < -0.3 is 9.63 Å². The molecule has 218 valence electrons. The fourth-order valence-electron chi connectivity index (χ4n) is 4.95. The lowest BCUT2D eigenvalue weighted by atomic mass is 9.87. The first kappa shape index (κ1) is 30.0. The van der Waals surface area contributed by atoms with Crippen LogP contribution in [0.15, 0.2) is 28.9 Å². The van der Waals surface area contributed by atoms with Crippen molar-refractivity contribution in [2.75, 3.05) is 6.61 Å². The van der Waals surface area contributed by atoms with E-state index in [4.69, 9.17) is 4.52 Å². The van der Waals surface area contributed by atoms with Crippen LogP contribution in [0, 0.1) is 18.2 Å². The minimum atomic E-state index is -4.69. The Morgan fingerprint density at radius 3 is 2.55 bits per heavy atom. The second-order valence-electron chi connectivity index (χ2n) is 12.1. The van der Waals surface area contributed by atoms with Crippen LogP contribution in [0.25, 0.3) is 11.3 Å². The number of hydrogen-bond acceptors (Lipinski definition) is 5. The molecule has 0 amide bonds. The van der Waals surface area contributed by atoms with Crippen molar-refractivity contribution in [3.63, 3.8) is 0 Å². The van der Waals surface area contributed by atoms with Crippen molar-refractivity contribution in [2.24, 2.45) is 5.41 Å². The number of aliphatic hydroxyl groups excluding tert-OH is 1. The van der Waals surface area contributed by atoms with Gasteiger partial charge in [-0.1, -0.05) is 38.1 Å². The minimum Gasteiger partial charge on any atom is -0.396 e. The highest BCUT2D eigenvalue weighted by molar-refractivity contribution is 5.82. The number of Topliss-reactive ketones (excluding diaryl/α,β-unsaturated/α-hetero) is 1. The van der Waals surface area contributed by atoms with Gasteiger partial charge in [0.15, 0.2) is 11.5 Å². The topological polar surface area (TPSA) is 81.1 Å². The summed E-state index contributed by atoms with van der Waals surface area (Å²) in [5.41, 5.74) is 0.796. The molecule has 0 radical (unpaired) electrons. The van der Waals surface area contributed by atoms with Crippen molar-refractivity contribution in [2.45, 2.75) is 97.2 Å². The maximum Gasteiger partial charge on any atom is 0.435 e. The first-order chi connectivity index (χ1) is 18.8. The summed E-state index contributed by atoms with van der Waals surface area (Å²) in [5.74, 6) is -1.14. The summed E-state index contributed by atoms with van der Waals surface area (Å²) in [6.45, 7) is 8.00. The Morgan fingerprint density at radius 1 is 1.23 bits per heavy atom. The average Bonchev–Trinajstić information content (AvgIpc) is 3.43. The summed E-state index contributed by atoms with van der Waals surface area (Å²) in [6.07, 6.45) is -0.469. The van der Waals surface area contributed by atoms with Crippen LogP contribution in [0.2, 0.25) is 0 Å². The molecule has 1 saturated carbocycles. The van der Waals surface area contributed by atoms with Crippen LogP contribution in [0.4, 0.5) is 17.6 Å². The molecule has 0 bridgehead atoms. The second kappa shape index (κ2) is 11.8. The Labute approximate surface area is 231 Å². The van der Waals surface area contributed by atoms with Gasteiger partial charge in [0.1, 0.15) is 11.6 Å². The number of benzene rings is 1. The monoisotopic (exact) mass is 563 g/mol. The maximum absolute atomic E-state index is 14.4. The van der Waals surface area contributed by atoms with Gasteiger partial charge in [0.05, 0.1) is 11.3 Å². The lowest BCUT2D eigenvalue weighted by Gasteiger charge is -2.17. The number of nitrogens with zero attached hydrogens (tertiary/aromatic N) is 3. The van der Waals surface area contributed by atoms with Crippen LogP contribution in [0.1, 0.15) is 99.2 Å².